The maximum absolute atomic E-state index is 12.2. The Balaban J connectivity index is 2.18. The Kier molecular flexibility index (Phi) is 4.41. The van der Waals surface area contributed by atoms with Crippen LogP contribution in [-0.2, 0) is 11.2 Å². The van der Waals surface area contributed by atoms with E-state index in [-0.39, 0.29) is 11.8 Å². The molecule has 7 heteroatoms. The number of hydrogen-bond acceptors (Lipinski definition) is 5. The number of nitrogens with zero attached hydrogens (tertiary/aromatic N) is 2. The van der Waals surface area contributed by atoms with E-state index in [9.17, 15) is 9.59 Å². The Bertz CT molecular complexity index is 639. The normalized spacial score (nSPS) is 10.1. The Labute approximate surface area is 120 Å². The molecule has 0 saturated heterocycles. The van der Waals surface area contributed by atoms with Crippen LogP contribution in [0.3, 0.4) is 0 Å². The lowest BCUT2D eigenvalue weighted by Crippen LogP contribution is -2.16. The molecule has 1 heterocycles. The van der Waals surface area contributed by atoms with Gasteiger partial charge in [-0.2, -0.15) is 0 Å². The van der Waals surface area contributed by atoms with Gasteiger partial charge in [0.15, 0.2) is 0 Å². The third-order valence-electron chi connectivity index (χ3n) is 2.47. The summed E-state index contributed by atoms with van der Waals surface area (Å²) in [6.45, 7) is 3.37. The fourth-order valence-electron chi connectivity index (χ4n) is 1.59. The zero-order valence-electron chi connectivity index (χ0n) is 11.1. The summed E-state index contributed by atoms with van der Waals surface area (Å²) in [7, 11) is 0. The summed E-state index contributed by atoms with van der Waals surface area (Å²) >= 11 is 1.33. The maximum atomic E-state index is 12.2. The summed E-state index contributed by atoms with van der Waals surface area (Å²) in [6.07, 6.45) is 0.774. The van der Waals surface area contributed by atoms with Gasteiger partial charge in [-0.1, -0.05) is 30.4 Å². The lowest BCUT2D eigenvalue weighted by atomic mass is 10.1. The molecule has 104 valence electrons. The first-order chi connectivity index (χ1) is 9.60. The molecule has 0 bridgehead atoms. The summed E-state index contributed by atoms with van der Waals surface area (Å²) in [5, 5.41) is 14.4. The fourth-order valence-corrected chi connectivity index (χ4v) is 2.27. The molecule has 2 N–H and O–H groups in total. The number of aryl methyl sites for hydroxylation is 1. The summed E-state index contributed by atoms with van der Waals surface area (Å²) < 4.78 is 0. The van der Waals surface area contributed by atoms with Crippen LogP contribution in [0.5, 0.6) is 0 Å². The van der Waals surface area contributed by atoms with Crippen molar-refractivity contribution in [3.63, 3.8) is 0 Å². The Morgan fingerprint density at radius 2 is 1.95 bits per heavy atom. The van der Waals surface area contributed by atoms with Gasteiger partial charge >= 0.3 is 0 Å². The second kappa shape index (κ2) is 6.25. The topological polar surface area (TPSA) is 84.0 Å². The first kappa shape index (κ1) is 14.1. The summed E-state index contributed by atoms with van der Waals surface area (Å²) in [5.41, 5.74) is 0.855. The van der Waals surface area contributed by atoms with Crippen molar-refractivity contribution < 1.29 is 9.59 Å². The van der Waals surface area contributed by atoms with Crippen LogP contribution in [0.2, 0.25) is 0 Å². The molecule has 20 heavy (non-hydrogen) atoms. The minimum atomic E-state index is -0.326. The van der Waals surface area contributed by atoms with Gasteiger partial charge in [-0.3, -0.25) is 14.9 Å². The minimum absolute atomic E-state index is 0.227. The van der Waals surface area contributed by atoms with E-state index in [1.165, 1.54) is 18.3 Å². The number of para-hydroxylation sites is 1. The van der Waals surface area contributed by atoms with Crippen molar-refractivity contribution in [2.75, 3.05) is 10.6 Å². The average molecular weight is 290 g/mol. The van der Waals surface area contributed by atoms with Gasteiger partial charge in [0.25, 0.3) is 5.91 Å². The van der Waals surface area contributed by atoms with Gasteiger partial charge in [-0.05, 0) is 18.6 Å². The van der Waals surface area contributed by atoms with Crippen LogP contribution < -0.4 is 10.6 Å². The van der Waals surface area contributed by atoms with Crippen LogP contribution in [0.1, 0.15) is 29.2 Å². The third kappa shape index (κ3) is 3.39. The van der Waals surface area contributed by atoms with Gasteiger partial charge in [0, 0.05) is 6.92 Å². The van der Waals surface area contributed by atoms with Crippen LogP contribution in [0.4, 0.5) is 10.8 Å². The van der Waals surface area contributed by atoms with Crippen LogP contribution in [0.15, 0.2) is 24.3 Å². The first-order valence-electron chi connectivity index (χ1n) is 6.10. The molecule has 0 unspecified atom stereocenters. The highest BCUT2D eigenvalue weighted by Gasteiger charge is 2.14. The van der Waals surface area contributed by atoms with Crippen LogP contribution in [-0.4, -0.2) is 22.0 Å². The Hall–Kier alpha value is -2.28. The van der Waals surface area contributed by atoms with Crippen LogP contribution >= 0.6 is 11.3 Å². The summed E-state index contributed by atoms with van der Waals surface area (Å²) in [6, 6.07) is 6.80. The monoisotopic (exact) mass is 290 g/mol. The molecule has 0 fully saturated rings. The van der Waals surface area contributed by atoms with Crippen LogP contribution in [0, 0.1) is 0 Å². The zero-order valence-corrected chi connectivity index (χ0v) is 12.0. The molecule has 0 atom stereocenters. The summed E-state index contributed by atoms with van der Waals surface area (Å²) in [5.74, 6) is -0.553. The second-order valence-electron chi connectivity index (χ2n) is 4.04. The molecule has 0 aliphatic rings. The molecule has 0 spiro atoms. The standard InChI is InChI=1S/C13H14N4O2S/c1-3-11-16-17-13(20-11)15-12(19)9-6-4-5-7-10(9)14-8(2)18/h4-7H,3H2,1-2H3,(H,14,18)(H,15,17,19). The average Bonchev–Trinajstić information content (AvgIpc) is 2.86. The molecule has 2 rings (SSSR count). The van der Waals surface area contributed by atoms with E-state index in [0.717, 1.165) is 11.4 Å². The zero-order chi connectivity index (χ0) is 14.5. The highest BCUT2D eigenvalue weighted by molar-refractivity contribution is 7.15. The molecule has 2 amide bonds. The van der Waals surface area contributed by atoms with Crippen molar-refractivity contribution in [3.05, 3.63) is 34.8 Å². The lowest BCUT2D eigenvalue weighted by Gasteiger charge is -2.08. The van der Waals surface area contributed by atoms with Gasteiger partial charge in [0.05, 0.1) is 11.3 Å². The van der Waals surface area contributed by atoms with E-state index in [1.54, 1.807) is 24.3 Å². The molecular weight excluding hydrogens is 276 g/mol. The van der Waals surface area contributed by atoms with Crippen molar-refractivity contribution in [2.45, 2.75) is 20.3 Å². The maximum Gasteiger partial charge on any atom is 0.259 e. The van der Waals surface area contributed by atoms with Crippen molar-refractivity contribution in [1.29, 1.82) is 0 Å². The molecule has 0 radical (unpaired) electrons. The number of rotatable bonds is 4. The van der Waals surface area contributed by atoms with E-state index >= 15 is 0 Å². The SMILES string of the molecule is CCc1nnc(NC(=O)c2ccccc2NC(C)=O)s1. The van der Waals surface area contributed by atoms with Crippen molar-refractivity contribution in [2.24, 2.45) is 0 Å². The number of aromatic nitrogens is 2. The highest BCUT2D eigenvalue weighted by atomic mass is 32.1. The number of amides is 2. The van der Waals surface area contributed by atoms with E-state index in [4.69, 9.17) is 0 Å². The molecule has 6 nitrogen and oxygen atoms in total. The van der Waals surface area contributed by atoms with Crippen molar-refractivity contribution >= 4 is 34.0 Å². The van der Waals surface area contributed by atoms with Gasteiger partial charge in [0.1, 0.15) is 5.01 Å². The quantitative estimate of drug-likeness (QED) is 0.905. The predicted molar refractivity (Wildman–Crippen MR) is 78.0 cm³/mol. The van der Waals surface area contributed by atoms with Gasteiger partial charge in [-0.15, -0.1) is 10.2 Å². The number of hydrogen-bond donors (Lipinski definition) is 2. The largest absolute Gasteiger partial charge is 0.326 e. The molecular formula is C13H14N4O2S. The number of benzene rings is 1. The fraction of sp³-hybridized carbons (Fsp3) is 0.231. The molecule has 1 aromatic heterocycles. The van der Waals surface area contributed by atoms with E-state index in [0.29, 0.717) is 16.4 Å². The molecule has 1 aromatic carbocycles. The highest BCUT2D eigenvalue weighted by Crippen LogP contribution is 2.19. The van der Waals surface area contributed by atoms with E-state index < -0.39 is 0 Å². The number of carbonyl (C=O) groups excluding carboxylic acids is 2. The van der Waals surface area contributed by atoms with E-state index in [2.05, 4.69) is 20.8 Å². The predicted octanol–water partition coefficient (Wildman–Crippen LogP) is 2.31. The minimum Gasteiger partial charge on any atom is -0.326 e. The number of nitrogens with one attached hydrogen (secondary N) is 2. The Morgan fingerprint density at radius 1 is 1.20 bits per heavy atom. The smallest absolute Gasteiger partial charge is 0.259 e. The second-order valence-corrected chi connectivity index (χ2v) is 5.10. The van der Waals surface area contributed by atoms with Crippen molar-refractivity contribution in [1.82, 2.24) is 10.2 Å². The lowest BCUT2D eigenvalue weighted by molar-refractivity contribution is -0.114. The summed E-state index contributed by atoms with van der Waals surface area (Å²) in [4.78, 5) is 23.3. The van der Waals surface area contributed by atoms with Gasteiger partial charge < -0.3 is 5.32 Å². The molecule has 0 aliphatic carbocycles. The van der Waals surface area contributed by atoms with E-state index in [1.807, 2.05) is 6.92 Å². The first-order valence-corrected chi connectivity index (χ1v) is 6.92. The Morgan fingerprint density at radius 3 is 2.60 bits per heavy atom. The molecule has 0 saturated carbocycles. The van der Waals surface area contributed by atoms with Gasteiger partial charge in [0.2, 0.25) is 11.0 Å². The van der Waals surface area contributed by atoms with Crippen molar-refractivity contribution in [3.8, 4) is 0 Å². The van der Waals surface area contributed by atoms with Gasteiger partial charge in [-0.25, -0.2) is 0 Å². The number of anilines is 2. The molecule has 2 aromatic rings. The third-order valence-corrected chi connectivity index (χ3v) is 3.46. The van der Waals surface area contributed by atoms with Crippen LogP contribution in [0.25, 0.3) is 0 Å². The molecule has 0 aliphatic heterocycles. The number of carbonyl (C=O) groups is 2.